The van der Waals surface area contributed by atoms with E-state index in [2.05, 4.69) is 20.8 Å². The second kappa shape index (κ2) is 5.93. The molecule has 0 spiro atoms. The molecular weight excluding hydrogens is 252 g/mol. The fraction of sp³-hybridized carbons (Fsp3) is 0.833. The van der Waals surface area contributed by atoms with Gasteiger partial charge in [-0.05, 0) is 11.8 Å². The molecule has 0 radical (unpaired) electrons. The molecule has 3 N–H and O–H groups in total. The van der Waals surface area contributed by atoms with Crippen molar-refractivity contribution in [2.75, 3.05) is 18.2 Å². The second-order valence-corrected chi connectivity index (χ2v) is 6.86. The topological polar surface area (TPSA) is 83.6 Å². The molecule has 1 aliphatic heterocycles. The Morgan fingerprint density at radius 2 is 2.11 bits per heavy atom. The number of nitrogens with two attached hydrogens (primary N) is 1. The summed E-state index contributed by atoms with van der Waals surface area (Å²) in [5, 5.41) is 9.08. The van der Waals surface area contributed by atoms with E-state index in [0.717, 1.165) is 0 Å². The molecule has 0 saturated carbocycles. The fourth-order valence-corrected chi connectivity index (χ4v) is 3.26. The predicted octanol–water partition coefficient (Wildman–Crippen LogP) is 0.984. The monoisotopic (exact) mass is 274 g/mol. The number of carboxylic acid groups (broad SMARTS) is 1. The van der Waals surface area contributed by atoms with E-state index in [1.165, 1.54) is 16.7 Å². The normalized spacial score (nSPS) is 22.0. The van der Waals surface area contributed by atoms with Crippen molar-refractivity contribution in [3.05, 3.63) is 0 Å². The lowest BCUT2D eigenvalue weighted by atomic mass is 9.84. The van der Waals surface area contributed by atoms with Crippen molar-refractivity contribution in [1.29, 1.82) is 0 Å². The van der Waals surface area contributed by atoms with Gasteiger partial charge in [-0.25, -0.2) is 4.79 Å². The van der Waals surface area contributed by atoms with E-state index in [0.29, 0.717) is 18.1 Å². The summed E-state index contributed by atoms with van der Waals surface area (Å²) in [5.74, 6) is -0.417. The van der Waals surface area contributed by atoms with Crippen LogP contribution in [-0.4, -0.2) is 46.1 Å². The standard InChI is InChI=1S/C12H22N2O3S/c1-12(2,3)4-8(5-13)10(15)14-7-18-6-9(14)11(16)17/h8-9H,4-7,13H2,1-3H3,(H,16,17)/t8?,9-/m0/s1. The molecule has 5 nitrogen and oxygen atoms in total. The van der Waals surface area contributed by atoms with Crippen LogP contribution in [0.4, 0.5) is 0 Å². The summed E-state index contributed by atoms with van der Waals surface area (Å²) in [6, 6.07) is -0.698. The van der Waals surface area contributed by atoms with E-state index < -0.39 is 12.0 Å². The number of aliphatic carboxylic acids is 1. The maximum Gasteiger partial charge on any atom is 0.327 e. The summed E-state index contributed by atoms with van der Waals surface area (Å²) in [5.41, 5.74) is 5.67. The van der Waals surface area contributed by atoms with Crippen molar-refractivity contribution >= 4 is 23.6 Å². The molecule has 0 aliphatic carbocycles. The zero-order chi connectivity index (χ0) is 13.9. The van der Waals surface area contributed by atoms with Gasteiger partial charge < -0.3 is 15.7 Å². The summed E-state index contributed by atoms with van der Waals surface area (Å²) in [6.45, 7) is 6.42. The maximum absolute atomic E-state index is 12.3. The lowest BCUT2D eigenvalue weighted by Crippen LogP contribution is -2.46. The minimum atomic E-state index is -0.931. The number of hydrogen-bond acceptors (Lipinski definition) is 4. The molecule has 1 saturated heterocycles. The smallest absolute Gasteiger partial charge is 0.327 e. The lowest BCUT2D eigenvalue weighted by molar-refractivity contribution is -0.149. The highest BCUT2D eigenvalue weighted by molar-refractivity contribution is 7.99. The van der Waals surface area contributed by atoms with Crippen molar-refractivity contribution < 1.29 is 14.7 Å². The van der Waals surface area contributed by atoms with Crippen molar-refractivity contribution in [2.24, 2.45) is 17.1 Å². The van der Waals surface area contributed by atoms with Gasteiger partial charge >= 0.3 is 5.97 Å². The minimum Gasteiger partial charge on any atom is -0.480 e. The summed E-state index contributed by atoms with van der Waals surface area (Å²) >= 11 is 1.48. The van der Waals surface area contributed by atoms with Crippen LogP contribution in [-0.2, 0) is 9.59 Å². The summed E-state index contributed by atoms with van der Waals surface area (Å²) < 4.78 is 0. The molecule has 1 amide bonds. The molecular formula is C12H22N2O3S. The highest BCUT2D eigenvalue weighted by Gasteiger charge is 2.38. The van der Waals surface area contributed by atoms with Crippen molar-refractivity contribution in [1.82, 2.24) is 4.90 Å². The average molecular weight is 274 g/mol. The van der Waals surface area contributed by atoms with Crippen molar-refractivity contribution in [3.63, 3.8) is 0 Å². The summed E-state index contributed by atoms with van der Waals surface area (Å²) in [6.07, 6.45) is 0.676. The van der Waals surface area contributed by atoms with Gasteiger partial charge in [-0.1, -0.05) is 20.8 Å². The van der Waals surface area contributed by atoms with Crippen LogP contribution >= 0.6 is 11.8 Å². The van der Waals surface area contributed by atoms with Gasteiger partial charge in [-0.15, -0.1) is 11.8 Å². The maximum atomic E-state index is 12.3. The first-order chi connectivity index (χ1) is 8.26. The second-order valence-electron chi connectivity index (χ2n) is 5.86. The molecule has 1 rings (SSSR count). The molecule has 1 heterocycles. The Morgan fingerprint density at radius 1 is 1.50 bits per heavy atom. The van der Waals surface area contributed by atoms with Crippen LogP contribution in [0.1, 0.15) is 27.2 Å². The molecule has 0 aromatic rings. The molecule has 0 aromatic carbocycles. The number of carbonyl (C=O) groups is 2. The van der Waals surface area contributed by atoms with Gasteiger partial charge in [-0.2, -0.15) is 0 Å². The minimum absolute atomic E-state index is 0.00524. The van der Waals surface area contributed by atoms with Crippen LogP contribution in [0.15, 0.2) is 0 Å². The molecule has 0 bridgehead atoms. The van der Waals surface area contributed by atoms with E-state index >= 15 is 0 Å². The number of amides is 1. The third-order valence-electron chi connectivity index (χ3n) is 2.94. The zero-order valence-electron chi connectivity index (χ0n) is 11.2. The third-order valence-corrected chi connectivity index (χ3v) is 3.96. The van der Waals surface area contributed by atoms with E-state index in [1.54, 1.807) is 0 Å². The Hall–Kier alpha value is -0.750. The SMILES string of the molecule is CC(C)(C)CC(CN)C(=O)N1CSC[C@H]1C(=O)O. The Labute approximate surface area is 112 Å². The van der Waals surface area contributed by atoms with Gasteiger partial charge in [0.2, 0.25) is 5.91 Å². The van der Waals surface area contributed by atoms with Crippen molar-refractivity contribution in [2.45, 2.75) is 33.2 Å². The number of rotatable bonds is 4. The lowest BCUT2D eigenvalue weighted by Gasteiger charge is -2.29. The van der Waals surface area contributed by atoms with Crippen LogP contribution < -0.4 is 5.73 Å². The Bertz CT molecular complexity index is 328. The Kier molecular flexibility index (Phi) is 5.04. The Balaban J connectivity index is 2.74. The highest BCUT2D eigenvalue weighted by atomic mass is 32.2. The third kappa shape index (κ3) is 3.88. The van der Waals surface area contributed by atoms with Crippen LogP contribution in [0.3, 0.4) is 0 Å². The van der Waals surface area contributed by atoms with E-state index in [1.807, 2.05) is 0 Å². The molecule has 0 aromatic heterocycles. The molecule has 1 fully saturated rings. The zero-order valence-corrected chi connectivity index (χ0v) is 12.0. The average Bonchev–Trinajstić information content (AvgIpc) is 2.72. The molecule has 18 heavy (non-hydrogen) atoms. The summed E-state index contributed by atoms with van der Waals surface area (Å²) in [4.78, 5) is 24.9. The van der Waals surface area contributed by atoms with Crippen LogP contribution in [0.5, 0.6) is 0 Å². The molecule has 6 heteroatoms. The van der Waals surface area contributed by atoms with Crippen LogP contribution in [0.2, 0.25) is 0 Å². The Morgan fingerprint density at radius 3 is 2.56 bits per heavy atom. The van der Waals surface area contributed by atoms with Gasteiger partial charge in [0.25, 0.3) is 0 Å². The number of carbonyl (C=O) groups excluding carboxylic acids is 1. The fourth-order valence-electron chi connectivity index (χ4n) is 2.11. The van der Waals surface area contributed by atoms with Crippen LogP contribution in [0.25, 0.3) is 0 Å². The summed E-state index contributed by atoms with van der Waals surface area (Å²) in [7, 11) is 0. The van der Waals surface area contributed by atoms with Gasteiger partial charge in [-0.3, -0.25) is 4.79 Å². The number of nitrogens with zero attached hydrogens (tertiary/aromatic N) is 1. The number of thioether (sulfide) groups is 1. The van der Waals surface area contributed by atoms with E-state index in [9.17, 15) is 9.59 Å². The van der Waals surface area contributed by atoms with Gasteiger partial charge in [0, 0.05) is 12.3 Å². The molecule has 104 valence electrons. The number of carboxylic acids is 1. The largest absolute Gasteiger partial charge is 0.480 e. The van der Waals surface area contributed by atoms with Gasteiger partial charge in [0.15, 0.2) is 0 Å². The quantitative estimate of drug-likeness (QED) is 0.798. The first-order valence-electron chi connectivity index (χ1n) is 6.07. The first kappa shape index (κ1) is 15.3. The van der Waals surface area contributed by atoms with Crippen LogP contribution in [0, 0.1) is 11.3 Å². The van der Waals surface area contributed by atoms with E-state index in [-0.39, 0.29) is 23.8 Å². The van der Waals surface area contributed by atoms with Crippen molar-refractivity contribution in [3.8, 4) is 0 Å². The number of hydrogen-bond donors (Lipinski definition) is 2. The molecule has 2 atom stereocenters. The molecule has 1 unspecified atom stereocenters. The van der Waals surface area contributed by atoms with Gasteiger partial charge in [0.1, 0.15) is 6.04 Å². The highest BCUT2D eigenvalue weighted by Crippen LogP contribution is 2.28. The predicted molar refractivity (Wildman–Crippen MR) is 72.2 cm³/mol. The molecule has 1 aliphatic rings. The first-order valence-corrected chi connectivity index (χ1v) is 7.23. The van der Waals surface area contributed by atoms with Gasteiger partial charge in [0.05, 0.1) is 11.8 Å². The van der Waals surface area contributed by atoms with E-state index in [4.69, 9.17) is 10.8 Å².